The third kappa shape index (κ3) is 2.47. The minimum atomic E-state index is -0.377. The molecule has 0 atom stereocenters. The second-order valence-electron chi connectivity index (χ2n) is 4.82. The first-order valence-corrected chi connectivity index (χ1v) is 6.74. The lowest BCUT2D eigenvalue weighted by Gasteiger charge is -2.27. The number of hydrogen-bond donors (Lipinski definition) is 1. The van der Waals surface area contributed by atoms with Gasteiger partial charge in [-0.2, -0.15) is 0 Å². The molecule has 1 N–H and O–H groups in total. The van der Waals surface area contributed by atoms with Crippen molar-refractivity contribution in [2.24, 2.45) is 0 Å². The molecular weight excluding hydrogens is 274 g/mol. The molecule has 7 nitrogen and oxygen atoms in total. The Bertz CT molecular complexity index is 561. The number of rotatable bonds is 2. The SMILES string of the molecule is O=C(NCN1C(=O)c2ccccc2C1=O)N1CCOCC1. The fourth-order valence-electron chi connectivity index (χ4n) is 2.41. The molecule has 1 saturated heterocycles. The maximum absolute atomic E-state index is 12.1. The van der Waals surface area contributed by atoms with Crippen LogP contribution in [0.2, 0.25) is 0 Å². The zero-order chi connectivity index (χ0) is 14.8. The van der Waals surface area contributed by atoms with Crippen molar-refractivity contribution in [3.63, 3.8) is 0 Å². The summed E-state index contributed by atoms with van der Waals surface area (Å²) in [6.07, 6.45) is 0. The van der Waals surface area contributed by atoms with Gasteiger partial charge in [0.25, 0.3) is 11.8 Å². The number of fused-ring (bicyclic) bond motifs is 1. The summed E-state index contributed by atoms with van der Waals surface area (Å²) in [5.74, 6) is -0.754. The number of carbonyl (C=O) groups is 3. The van der Waals surface area contributed by atoms with Gasteiger partial charge in [0.1, 0.15) is 6.67 Å². The van der Waals surface area contributed by atoms with Gasteiger partial charge in [0.15, 0.2) is 0 Å². The van der Waals surface area contributed by atoms with E-state index in [1.807, 2.05) is 0 Å². The summed E-state index contributed by atoms with van der Waals surface area (Å²) in [6.45, 7) is 1.89. The number of imide groups is 1. The summed E-state index contributed by atoms with van der Waals surface area (Å²) in [5.41, 5.74) is 0.756. The predicted molar refractivity (Wildman–Crippen MR) is 72.7 cm³/mol. The number of benzene rings is 1. The fraction of sp³-hybridized carbons (Fsp3) is 0.357. The Balaban J connectivity index is 1.63. The summed E-state index contributed by atoms with van der Waals surface area (Å²) in [7, 11) is 0. The molecule has 0 bridgehead atoms. The van der Waals surface area contributed by atoms with Gasteiger partial charge in [0, 0.05) is 13.1 Å². The molecule has 0 radical (unpaired) electrons. The van der Waals surface area contributed by atoms with Gasteiger partial charge in [-0.3, -0.25) is 14.5 Å². The zero-order valence-electron chi connectivity index (χ0n) is 11.4. The fourth-order valence-corrected chi connectivity index (χ4v) is 2.41. The highest BCUT2D eigenvalue weighted by Crippen LogP contribution is 2.21. The second-order valence-corrected chi connectivity index (χ2v) is 4.82. The first kappa shape index (κ1) is 13.6. The van der Waals surface area contributed by atoms with Crippen LogP contribution in [-0.2, 0) is 4.74 Å². The monoisotopic (exact) mass is 289 g/mol. The van der Waals surface area contributed by atoms with Crippen LogP contribution < -0.4 is 5.32 Å². The standard InChI is InChI=1S/C14H15N3O4/c18-12-10-3-1-2-4-11(10)13(19)17(12)9-15-14(20)16-5-7-21-8-6-16/h1-4H,5-9H2,(H,15,20). The van der Waals surface area contributed by atoms with Crippen LogP contribution >= 0.6 is 0 Å². The van der Waals surface area contributed by atoms with Crippen LogP contribution in [0.4, 0.5) is 4.79 Å². The van der Waals surface area contributed by atoms with E-state index in [0.29, 0.717) is 37.4 Å². The van der Waals surface area contributed by atoms with Crippen LogP contribution in [0.3, 0.4) is 0 Å². The molecule has 2 heterocycles. The van der Waals surface area contributed by atoms with Gasteiger partial charge < -0.3 is 15.0 Å². The number of nitrogens with zero attached hydrogens (tertiary/aromatic N) is 2. The minimum absolute atomic E-state index is 0.122. The van der Waals surface area contributed by atoms with Crippen LogP contribution in [0.15, 0.2) is 24.3 Å². The van der Waals surface area contributed by atoms with Crippen molar-refractivity contribution in [3.05, 3.63) is 35.4 Å². The maximum Gasteiger partial charge on any atom is 0.318 e. The van der Waals surface area contributed by atoms with Crippen LogP contribution in [0.25, 0.3) is 0 Å². The molecule has 0 aromatic heterocycles. The van der Waals surface area contributed by atoms with Crippen LogP contribution in [0, 0.1) is 0 Å². The number of hydrogen-bond acceptors (Lipinski definition) is 4. The van der Waals surface area contributed by atoms with Gasteiger partial charge in [-0.25, -0.2) is 4.79 Å². The summed E-state index contributed by atoms with van der Waals surface area (Å²) in [6, 6.07) is 6.34. The summed E-state index contributed by atoms with van der Waals surface area (Å²) in [5, 5.41) is 2.61. The Morgan fingerprint density at radius 3 is 2.24 bits per heavy atom. The van der Waals surface area contributed by atoms with Gasteiger partial charge in [-0.1, -0.05) is 12.1 Å². The third-order valence-corrected chi connectivity index (χ3v) is 3.56. The van der Waals surface area contributed by atoms with Crippen molar-refractivity contribution < 1.29 is 19.1 Å². The van der Waals surface area contributed by atoms with Gasteiger partial charge in [0.2, 0.25) is 0 Å². The molecule has 110 valence electrons. The topological polar surface area (TPSA) is 79.0 Å². The Labute approximate surface area is 121 Å². The van der Waals surface area contributed by atoms with E-state index < -0.39 is 0 Å². The average Bonchev–Trinajstić information content (AvgIpc) is 2.78. The molecule has 21 heavy (non-hydrogen) atoms. The first-order valence-electron chi connectivity index (χ1n) is 6.74. The summed E-state index contributed by atoms with van der Waals surface area (Å²) >= 11 is 0. The van der Waals surface area contributed by atoms with Crippen molar-refractivity contribution >= 4 is 17.8 Å². The van der Waals surface area contributed by atoms with Gasteiger partial charge >= 0.3 is 6.03 Å². The van der Waals surface area contributed by atoms with E-state index in [0.717, 1.165) is 4.90 Å². The van der Waals surface area contributed by atoms with Crippen molar-refractivity contribution in [3.8, 4) is 0 Å². The molecule has 0 spiro atoms. The largest absolute Gasteiger partial charge is 0.378 e. The predicted octanol–water partition coefficient (Wildman–Crippen LogP) is 0.282. The number of carbonyl (C=O) groups excluding carboxylic acids is 3. The zero-order valence-corrected chi connectivity index (χ0v) is 11.4. The number of urea groups is 1. The van der Waals surface area contributed by atoms with Crippen LogP contribution in [0.1, 0.15) is 20.7 Å². The third-order valence-electron chi connectivity index (χ3n) is 3.56. The lowest BCUT2D eigenvalue weighted by molar-refractivity contribution is 0.0507. The first-order chi connectivity index (χ1) is 10.2. The van der Waals surface area contributed by atoms with E-state index >= 15 is 0 Å². The Morgan fingerprint density at radius 2 is 1.67 bits per heavy atom. The van der Waals surface area contributed by atoms with Crippen molar-refractivity contribution in [2.75, 3.05) is 33.0 Å². The number of amides is 4. The Kier molecular flexibility index (Phi) is 3.57. The van der Waals surface area contributed by atoms with E-state index in [-0.39, 0.29) is 24.5 Å². The smallest absolute Gasteiger partial charge is 0.318 e. The van der Waals surface area contributed by atoms with E-state index in [1.165, 1.54) is 0 Å². The van der Waals surface area contributed by atoms with Crippen LogP contribution in [-0.4, -0.2) is 60.6 Å². The molecule has 3 rings (SSSR count). The molecule has 0 saturated carbocycles. The Hall–Kier alpha value is -2.41. The van der Waals surface area contributed by atoms with E-state index in [9.17, 15) is 14.4 Å². The molecule has 2 aliphatic heterocycles. The van der Waals surface area contributed by atoms with Gasteiger partial charge in [-0.05, 0) is 12.1 Å². The molecular formula is C14H15N3O4. The quantitative estimate of drug-likeness (QED) is 0.793. The summed E-state index contributed by atoms with van der Waals surface area (Å²) in [4.78, 5) is 38.8. The minimum Gasteiger partial charge on any atom is -0.378 e. The molecule has 2 aliphatic rings. The molecule has 4 amide bonds. The lowest BCUT2D eigenvalue weighted by atomic mass is 10.1. The number of morpholine rings is 1. The van der Waals surface area contributed by atoms with Gasteiger partial charge in [0.05, 0.1) is 24.3 Å². The molecule has 7 heteroatoms. The maximum atomic E-state index is 12.1. The molecule has 1 fully saturated rings. The van der Waals surface area contributed by atoms with Crippen molar-refractivity contribution in [2.45, 2.75) is 0 Å². The molecule has 0 unspecified atom stereocenters. The Morgan fingerprint density at radius 1 is 1.10 bits per heavy atom. The molecule has 0 aliphatic carbocycles. The van der Waals surface area contributed by atoms with E-state index in [1.54, 1.807) is 29.2 Å². The van der Waals surface area contributed by atoms with E-state index in [2.05, 4.69) is 5.32 Å². The van der Waals surface area contributed by atoms with Crippen LogP contribution in [0.5, 0.6) is 0 Å². The number of ether oxygens (including phenoxy) is 1. The highest BCUT2D eigenvalue weighted by atomic mass is 16.5. The van der Waals surface area contributed by atoms with Crippen molar-refractivity contribution in [1.82, 2.24) is 15.1 Å². The average molecular weight is 289 g/mol. The lowest BCUT2D eigenvalue weighted by Crippen LogP contribution is -2.49. The van der Waals surface area contributed by atoms with E-state index in [4.69, 9.17) is 4.74 Å². The van der Waals surface area contributed by atoms with Gasteiger partial charge in [-0.15, -0.1) is 0 Å². The number of nitrogens with one attached hydrogen (secondary N) is 1. The summed E-state index contributed by atoms with van der Waals surface area (Å²) < 4.78 is 5.16. The second kappa shape index (κ2) is 5.53. The van der Waals surface area contributed by atoms with Crippen molar-refractivity contribution in [1.29, 1.82) is 0 Å². The normalized spacial score (nSPS) is 17.9. The molecule has 1 aromatic rings. The molecule has 1 aromatic carbocycles. The highest BCUT2D eigenvalue weighted by molar-refractivity contribution is 6.21. The highest BCUT2D eigenvalue weighted by Gasteiger charge is 2.35.